The molecule has 0 fully saturated rings. The number of hydrogen-bond acceptors (Lipinski definition) is 7. The van der Waals surface area contributed by atoms with Gasteiger partial charge in [-0.1, -0.05) is 23.7 Å². The van der Waals surface area contributed by atoms with Crippen LogP contribution < -0.4 is 19.8 Å². The van der Waals surface area contributed by atoms with E-state index < -0.39 is 26.9 Å². The fraction of sp³-hybridized carbons (Fsp3) is 0.320. The number of aromatic nitrogens is 1. The fourth-order valence-electron chi connectivity index (χ4n) is 3.13. The van der Waals surface area contributed by atoms with Crippen LogP contribution >= 0.6 is 11.6 Å². The number of halogens is 1. The molecule has 3 rings (SSSR count). The van der Waals surface area contributed by atoms with Crippen molar-refractivity contribution in [2.45, 2.75) is 31.8 Å². The summed E-state index contributed by atoms with van der Waals surface area (Å²) < 4.78 is 42.0. The molecule has 0 amide bonds. The number of sulfone groups is 1. The number of benzene rings is 2. The van der Waals surface area contributed by atoms with E-state index in [4.69, 9.17) is 25.8 Å². The number of hydrogen-bond donors (Lipinski definition) is 1. The van der Waals surface area contributed by atoms with Crippen molar-refractivity contribution in [2.75, 3.05) is 19.5 Å². The third kappa shape index (κ3) is 7.24. The van der Waals surface area contributed by atoms with Gasteiger partial charge in [0.15, 0.2) is 21.3 Å². The van der Waals surface area contributed by atoms with Crippen LogP contribution in [0.2, 0.25) is 5.02 Å². The summed E-state index contributed by atoms with van der Waals surface area (Å²) in [5, 5.41) is 10.1. The zero-order valence-electron chi connectivity index (χ0n) is 19.7. The Balaban J connectivity index is 1.68. The first-order valence-electron chi connectivity index (χ1n) is 10.9. The normalized spacial score (nSPS) is 12.4. The van der Waals surface area contributed by atoms with E-state index in [2.05, 4.69) is 0 Å². The average Bonchev–Trinajstić information content (AvgIpc) is 2.82. The van der Waals surface area contributed by atoms with E-state index in [9.17, 15) is 18.3 Å². The Bertz CT molecular complexity index is 1300. The Kier molecular flexibility index (Phi) is 8.82. The summed E-state index contributed by atoms with van der Waals surface area (Å²) in [6.45, 7) is 3.20. The number of aliphatic hydroxyl groups is 1. The van der Waals surface area contributed by atoms with Gasteiger partial charge in [0.2, 0.25) is 0 Å². The molecule has 0 aliphatic carbocycles. The lowest BCUT2D eigenvalue weighted by atomic mass is 10.2. The largest absolute Gasteiger partial charge is 0.493 e. The van der Waals surface area contributed by atoms with Gasteiger partial charge in [0.05, 0.1) is 23.8 Å². The molecule has 188 valence electrons. The highest BCUT2D eigenvalue weighted by Crippen LogP contribution is 2.29. The highest BCUT2D eigenvalue weighted by atomic mass is 35.5. The van der Waals surface area contributed by atoms with Crippen molar-refractivity contribution >= 4 is 21.4 Å². The van der Waals surface area contributed by atoms with Crippen LogP contribution in [0.1, 0.15) is 19.4 Å². The third-order valence-corrected chi connectivity index (χ3v) is 7.75. The van der Waals surface area contributed by atoms with Gasteiger partial charge in [-0.15, -0.1) is 0 Å². The van der Waals surface area contributed by atoms with Crippen LogP contribution in [0.25, 0.3) is 5.69 Å². The summed E-state index contributed by atoms with van der Waals surface area (Å²) in [7, 11) is -1.96. The highest BCUT2D eigenvalue weighted by molar-refractivity contribution is 7.92. The van der Waals surface area contributed by atoms with Gasteiger partial charge >= 0.3 is 0 Å². The summed E-state index contributed by atoms with van der Waals surface area (Å²) in [4.78, 5) is 12.7. The van der Waals surface area contributed by atoms with Gasteiger partial charge in [0, 0.05) is 23.4 Å². The summed E-state index contributed by atoms with van der Waals surface area (Å²) >= 11 is 5.89. The number of methoxy groups -OCH3 is 1. The van der Waals surface area contributed by atoms with Gasteiger partial charge in [0.1, 0.15) is 25.1 Å². The quantitative estimate of drug-likeness (QED) is 0.411. The summed E-state index contributed by atoms with van der Waals surface area (Å²) in [6.07, 6.45) is 0.407. The van der Waals surface area contributed by atoms with E-state index in [-0.39, 0.29) is 12.2 Å². The molecule has 0 aliphatic rings. The van der Waals surface area contributed by atoms with Crippen LogP contribution in [0.5, 0.6) is 17.2 Å². The summed E-state index contributed by atoms with van der Waals surface area (Å²) in [5.41, 5.74) is 1.15. The Labute approximate surface area is 209 Å². The minimum atomic E-state index is -3.41. The first-order chi connectivity index (χ1) is 16.6. The smallest absolute Gasteiger partial charge is 0.258 e. The SMILES string of the molecule is COc1cc(-n2ccc(OCc3ccc(Cl)cc3)cc2=O)ccc1OC[C@H](O)CS(=O)(=O)C(C)C. The van der Waals surface area contributed by atoms with Crippen LogP contribution in [0.3, 0.4) is 0 Å². The fourth-order valence-corrected chi connectivity index (χ4v) is 4.27. The molecule has 8 nitrogen and oxygen atoms in total. The van der Waals surface area contributed by atoms with Crippen molar-refractivity contribution < 1.29 is 27.7 Å². The Morgan fingerprint density at radius 2 is 1.71 bits per heavy atom. The van der Waals surface area contributed by atoms with E-state index in [1.807, 2.05) is 12.1 Å². The van der Waals surface area contributed by atoms with Crippen LogP contribution in [-0.2, 0) is 16.4 Å². The van der Waals surface area contributed by atoms with Gasteiger partial charge in [0.25, 0.3) is 5.56 Å². The van der Waals surface area contributed by atoms with Crippen molar-refractivity contribution in [2.24, 2.45) is 0 Å². The number of pyridine rings is 1. The van der Waals surface area contributed by atoms with E-state index in [1.165, 1.54) is 17.7 Å². The number of aliphatic hydroxyl groups excluding tert-OH is 1. The number of nitrogens with zero attached hydrogens (tertiary/aromatic N) is 1. The van der Waals surface area contributed by atoms with Crippen LogP contribution in [-0.4, -0.2) is 48.9 Å². The molecule has 0 saturated heterocycles. The number of rotatable bonds is 11. The monoisotopic (exact) mass is 521 g/mol. The van der Waals surface area contributed by atoms with Crippen molar-refractivity contribution in [3.63, 3.8) is 0 Å². The van der Waals surface area contributed by atoms with Gasteiger partial charge in [-0.05, 0) is 49.7 Å². The molecule has 0 radical (unpaired) electrons. The maximum absolute atomic E-state index is 12.7. The predicted molar refractivity (Wildman–Crippen MR) is 135 cm³/mol. The van der Waals surface area contributed by atoms with Crippen molar-refractivity contribution in [1.82, 2.24) is 4.57 Å². The molecule has 1 atom stereocenters. The maximum atomic E-state index is 12.7. The molecule has 10 heteroatoms. The second-order valence-electron chi connectivity index (χ2n) is 8.16. The molecular weight excluding hydrogens is 494 g/mol. The molecule has 1 N–H and O–H groups in total. The highest BCUT2D eigenvalue weighted by Gasteiger charge is 2.22. The summed E-state index contributed by atoms with van der Waals surface area (Å²) in [6, 6.07) is 15.2. The molecule has 1 heterocycles. The van der Waals surface area contributed by atoms with E-state index in [1.54, 1.807) is 56.4 Å². The second kappa shape index (κ2) is 11.6. The average molecular weight is 522 g/mol. The molecule has 0 aliphatic heterocycles. The Morgan fingerprint density at radius 1 is 1.00 bits per heavy atom. The van der Waals surface area contributed by atoms with E-state index in [0.717, 1.165) is 5.56 Å². The molecule has 1 aromatic heterocycles. The Morgan fingerprint density at radius 3 is 2.34 bits per heavy atom. The minimum absolute atomic E-state index is 0.221. The van der Waals surface area contributed by atoms with E-state index in [0.29, 0.717) is 34.6 Å². The number of ether oxygens (including phenoxy) is 3. The maximum Gasteiger partial charge on any atom is 0.258 e. The second-order valence-corrected chi connectivity index (χ2v) is 11.2. The summed E-state index contributed by atoms with van der Waals surface area (Å²) in [5.74, 6) is 0.676. The standard InChI is InChI=1S/C25H28ClNO7S/c1-17(2)35(30,31)16-21(28)15-34-23-9-8-20(12-24(23)32-3)27-11-10-22(13-25(27)29)33-14-18-4-6-19(26)7-5-18/h4-13,17,21,28H,14-16H2,1-3H3/t21-/m0/s1. The van der Waals surface area contributed by atoms with Gasteiger partial charge < -0.3 is 19.3 Å². The lowest BCUT2D eigenvalue weighted by molar-refractivity contribution is 0.122. The molecule has 0 unspecified atom stereocenters. The van der Waals surface area contributed by atoms with Crippen LogP contribution in [0.15, 0.2) is 65.6 Å². The van der Waals surface area contributed by atoms with Crippen molar-refractivity contribution in [1.29, 1.82) is 0 Å². The molecule has 0 saturated carbocycles. The molecule has 0 spiro atoms. The predicted octanol–water partition coefficient (Wildman–Crippen LogP) is 3.64. The lowest BCUT2D eigenvalue weighted by Crippen LogP contribution is -2.31. The third-order valence-electron chi connectivity index (χ3n) is 5.21. The first-order valence-corrected chi connectivity index (χ1v) is 13.0. The molecule has 35 heavy (non-hydrogen) atoms. The zero-order chi connectivity index (χ0) is 25.6. The Hall–Kier alpha value is -3.01. The van der Waals surface area contributed by atoms with Crippen molar-refractivity contribution in [3.8, 4) is 22.9 Å². The molecule has 0 bridgehead atoms. The van der Waals surface area contributed by atoms with Gasteiger partial charge in [-0.3, -0.25) is 9.36 Å². The van der Waals surface area contributed by atoms with Crippen LogP contribution in [0, 0.1) is 0 Å². The minimum Gasteiger partial charge on any atom is -0.493 e. The van der Waals surface area contributed by atoms with Gasteiger partial charge in [-0.2, -0.15) is 0 Å². The van der Waals surface area contributed by atoms with Crippen LogP contribution in [0.4, 0.5) is 0 Å². The molecular formula is C25H28ClNO7S. The zero-order valence-corrected chi connectivity index (χ0v) is 21.3. The molecule has 2 aromatic carbocycles. The molecule has 3 aromatic rings. The van der Waals surface area contributed by atoms with Crippen molar-refractivity contribution in [3.05, 3.63) is 81.7 Å². The lowest BCUT2D eigenvalue weighted by Gasteiger charge is -2.17. The van der Waals surface area contributed by atoms with E-state index >= 15 is 0 Å². The van der Waals surface area contributed by atoms with Gasteiger partial charge in [-0.25, -0.2) is 8.42 Å². The first kappa shape index (κ1) is 26.6. The topological polar surface area (TPSA) is 104 Å².